The van der Waals surface area contributed by atoms with Gasteiger partial charge in [-0.05, 0) is 42.3 Å². The number of benzene rings is 1. The van der Waals surface area contributed by atoms with Gasteiger partial charge in [0.05, 0.1) is 0 Å². The predicted molar refractivity (Wildman–Crippen MR) is 86.9 cm³/mol. The molecule has 116 valence electrons. The van der Waals surface area contributed by atoms with Gasteiger partial charge in [0.15, 0.2) is 0 Å². The Bertz CT molecular complexity index is 467. The van der Waals surface area contributed by atoms with E-state index in [1.54, 1.807) is 0 Å². The molecule has 0 spiro atoms. The molecule has 1 fully saturated rings. The highest BCUT2D eigenvalue weighted by Crippen LogP contribution is 2.32. The van der Waals surface area contributed by atoms with Crippen LogP contribution in [0.25, 0.3) is 0 Å². The van der Waals surface area contributed by atoms with Crippen LogP contribution in [0, 0.1) is 11.8 Å². The van der Waals surface area contributed by atoms with E-state index >= 15 is 0 Å². The smallest absolute Gasteiger partial charge is 0.226 e. The van der Waals surface area contributed by atoms with Crippen molar-refractivity contribution in [2.24, 2.45) is 17.6 Å². The second-order valence-corrected chi connectivity index (χ2v) is 6.62. The summed E-state index contributed by atoms with van der Waals surface area (Å²) in [6.07, 6.45) is 3.23. The Balaban J connectivity index is 1.97. The van der Waals surface area contributed by atoms with Crippen molar-refractivity contribution < 1.29 is 4.79 Å². The number of nitrogens with two attached hydrogens (primary N) is 1. The van der Waals surface area contributed by atoms with E-state index in [-0.39, 0.29) is 11.8 Å². The lowest BCUT2D eigenvalue weighted by Gasteiger charge is -2.24. The monoisotopic (exact) mass is 288 g/mol. The third-order valence-electron chi connectivity index (χ3n) is 4.72. The maximum atomic E-state index is 12.6. The molecule has 1 aliphatic carbocycles. The standard InChI is InChI=1S/C18H28N2O/c1-13(2)15-9-7-14(8-10-15)12-20(3)18(21)17-6-4-5-16(17)11-19/h7-10,13,16-17H,4-6,11-12,19H2,1-3H3/t16-,17-/m1/s1. The highest BCUT2D eigenvalue weighted by atomic mass is 16.2. The lowest BCUT2D eigenvalue weighted by molar-refractivity contribution is -0.135. The highest BCUT2D eigenvalue weighted by Gasteiger charge is 2.33. The molecule has 0 aliphatic heterocycles. The second kappa shape index (κ2) is 7.08. The van der Waals surface area contributed by atoms with Gasteiger partial charge in [-0.1, -0.05) is 44.5 Å². The first-order chi connectivity index (χ1) is 10.0. The summed E-state index contributed by atoms with van der Waals surface area (Å²) in [7, 11) is 1.91. The van der Waals surface area contributed by atoms with Gasteiger partial charge in [-0.25, -0.2) is 0 Å². The van der Waals surface area contributed by atoms with Crippen molar-refractivity contribution >= 4 is 5.91 Å². The summed E-state index contributed by atoms with van der Waals surface area (Å²) < 4.78 is 0. The van der Waals surface area contributed by atoms with Crippen LogP contribution in [0.4, 0.5) is 0 Å². The summed E-state index contributed by atoms with van der Waals surface area (Å²) in [5.74, 6) is 1.32. The number of carbonyl (C=O) groups is 1. The molecule has 1 aromatic rings. The third-order valence-corrected chi connectivity index (χ3v) is 4.72. The first kappa shape index (κ1) is 16.0. The van der Waals surface area contributed by atoms with Crippen LogP contribution in [0.5, 0.6) is 0 Å². The summed E-state index contributed by atoms with van der Waals surface area (Å²) in [6, 6.07) is 8.59. The largest absolute Gasteiger partial charge is 0.341 e. The molecule has 1 saturated carbocycles. The Morgan fingerprint density at radius 1 is 1.29 bits per heavy atom. The Hall–Kier alpha value is -1.35. The van der Waals surface area contributed by atoms with Crippen molar-refractivity contribution in [3.63, 3.8) is 0 Å². The van der Waals surface area contributed by atoms with Crippen LogP contribution in [-0.4, -0.2) is 24.4 Å². The molecule has 0 aromatic heterocycles. The van der Waals surface area contributed by atoms with E-state index in [0.717, 1.165) is 19.3 Å². The van der Waals surface area contributed by atoms with E-state index in [1.165, 1.54) is 11.1 Å². The van der Waals surface area contributed by atoms with Crippen molar-refractivity contribution in [3.05, 3.63) is 35.4 Å². The van der Waals surface area contributed by atoms with Gasteiger partial charge in [-0.3, -0.25) is 4.79 Å². The number of amides is 1. The minimum atomic E-state index is 0.134. The zero-order valence-electron chi connectivity index (χ0n) is 13.5. The maximum absolute atomic E-state index is 12.6. The summed E-state index contributed by atoms with van der Waals surface area (Å²) in [6.45, 7) is 5.70. The molecular formula is C18H28N2O. The summed E-state index contributed by atoms with van der Waals surface area (Å²) in [4.78, 5) is 14.4. The fourth-order valence-corrected chi connectivity index (χ4v) is 3.29. The number of hydrogen-bond acceptors (Lipinski definition) is 2. The maximum Gasteiger partial charge on any atom is 0.226 e. The van der Waals surface area contributed by atoms with Crippen molar-refractivity contribution in [1.82, 2.24) is 4.90 Å². The molecule has 2 atom stereocenters. The molecule has 0 heterocycles. The van der Waals surface area contributed by atoms with Crippen LogP contribution in [0.1, 0.15) is 50.2 Å². The number of hydrogen-bond donors (Lipinski definition) is 1. The first-order valence-corrected chi connectivity index (χ1v) is 8.06. The van der Waals surface area contributed by atoms with E-state index in [2.05, 4.69) is 38.1 Å². The van der Waals surface area contributed by atoms with Crippen LogP contribution in [0.2, 0.25) is 0 Å². The Morgan fingerprint density at radius 2 is 1.95 bits per heavy atom. The zero-order chi connectivity index (χ0) is 15.4. The minimum Gasteiger partial charge on any atom is -0.341 e. The van der Waals surface area contributed by atoms with E-state index in [0.29, 0.717) is 24.9 Å². The van der Waals surface area contributed by atoms with Gasteiger partial charge < -0.3 is 10.6 Å². The second-order valence-electron chi connectivity index (χ2n) is 6.62. The molecule has 2 N–H and O–H groups in total. The average molecular weight is 288 g/mol. The van der Waals surface area contributed by atoms with Gasteiger partial charge in [0.25, 0.3) is 0 Å². The van der Waals surface area contributed by atoms with Gasteiger partial charge in [0, 0.05) is 19.5 Å². The lowest BCUT2D eigenvalue weighted by Crippen LogP contribution is -2.36. The molecular weight excluding hydrogens is 260 g/mol. The Morgan fingerprint density at radius 3 is 2.52 bits per heavy atom. The third kappa shape index (κ3) is 3.85. The highest BCUT2D eigenvalue weighted by molar-refractivity contribution is 5.79. The van der Waals surface area contributed by atoms with Crippen LogP contribution in [0.3, 0.4) is 0 Å². The van der Waals surface area contributed by atoms with E-state index < -0.39 is 0 Å². The summed E-state index contributed by atoms with van der Waals surface area (Å²) >= 11 is 0. The fraction of sp³-hybridized carbons (Fsp3) is 0.611. The fourth-order valence-electron chi connectivity index (χ4n) is 3.29. The van der Waals surface area contributed by atoms with Crippen LogP contribution < -0.4 is 5.73 Å². The topological polar surface area (TPSA) is 46.3 Å². The van der Waals surface area contributed by atoms with Gasteiger partial charge >= 0.3 is 0 Å². The van der Waals surface area contributed by atoms with Crippen molar-refractivity contribution in [2.75, 3.05) is 13.6 Å². The van der Waals surface area contributed by atoms with Gasteiger partial charge in [-0.2, -0.15) is 0 Å². The predicted octanol–water partition coefficient (Wildman–Crippen LogP) is 3.14. The molecule has 21 heavy (non-hydrogen) atoms. The Kier molecular flexibility index (Phi) is 5.40. The van der Waals surface area contributed by atoms with Crippen molar-refractivity contribution in [3.8, 4) is 0 Å². The van der Waals surface area contributed by atoms with Crippen molar-refractivity contribution in [2.45, 2.75) is 45.6 Å². The molecule has 0 radical (unpaired) electrons. The number of rotatable bonds is 5. The lowest BCUT2D eigenvalue weighted by atomic mass is 9.94. The number of nitrogens with zero attached hydrogens (tertiary/aromatic N) is 1. The molecule has 3 heteroatoms. The van der Waals surface area contributed by atoms with Crippen LogP contribution >= 0.6 is 0 Å². The molecule has 0 saturated heterocycles. The van der Waals surface area contributed by atoms with Gasteiger partial charge in [0.1, 0.15) is 0 Å². The molecule has 1 aliphatic rings. The summed E-state index contributed by atoms with van der Waals surface area (Å²) in [5, 5.41) is 0. The molecule has 0 bridgehead atoms. The van der Waals surface area contributed by atoms with Crippen molar-refractivity contribution in [1.29, 1.82) is 0 Å². The Labute approximate surface area is 128 Å². The molecule has 2 rings (SSSR count). The van der Waals surface area contributed by atoms with Gasteiger partial charge in [0.2, 0.25) is 5.91 Å². The quantitative estimate of drug-likeness (QED) is 0.904. The van der Waals surface area contributed by atoms with Gasteiger partial charge in [-0.15, -0.1) is 0 Å². The normalized spacial score (nSPS) is 21.8. The molecule has 3 nitrogen and oxygen atoms in total. The SMILES string of the molecule is CC(C)c1ccc(CN(C)C(=O)[C@@H]2CCC[C@@H]2CN)cc1. The molecule has 0 unspecified atom stereocenters. The van der Waals surface area contributed by atoms with E-state index in [4.69, 9.17) is 5.73 Å². The minimum absolute atomic E-state index is 0.134. The van der Waals surface area contributed by atoms with E-state index in [1.807, 2.05) is 11.9 Å². The summed E-state index contributed by atoms with van der Waals surface area (Å²) in [5.41, 5.74) is 8.32. The first-order valence-electron chi connectivity index (χ1n) is 8.06. The van der Waals surface area contributed by atoms with E-state index in [9.17, 15) is 4.79 Å². The van der Waals surface area contributed by atoms with Crippen LogP contribution in [0.15, 0.2) is 24.3 Å². The number of carbonyl (C=O) groups excluding carboxylic acids is 1. The molecule has 1 amide bonds. The zero-order valence-corrected chi connectivity index (χ0v) is 13.5. The molecule has 1 aromatic carbocycles. The average Bonchev–Trinajstić information content (AvgIpc) is 2.95. The van der Waals surface area contributed by atoms with Crippen LogP contribution in [-0.2, 0) is 11.3 Å².